The fourth-order valence-electron chi connectivity index (χ4n) is 7.65. The summed E-state index contributed by atoms with van der Waals surface area (Å²) in [6.07, 6.45) is 9.46. The second-order valence-electron chi connectivity index (χ2n) is 9.87. The predicted octanol–water partition coefficient (Wildman–Crippen LogP) is 5.06. The Balaban J connectivity index is 1.65. The second-order valence-corrected chi connectivity index (χ2v) is 9.87. The van der Waals surface area contributed by atoms with E-state index in [0.717, 1.165) is 24.7 Å². The van der Waals surface area contributed by atoms with E-state index in [4.69, 9.17) is 4.74 Å². The molecule has 0 aromatic heterocycles. The molecule has 0 aliphatic heterocycles. The number of ketones is 1. The monoisotopic (exact) mass is 346 g/mol. The van der Waals surface area contributed by atoms with Crippen LogP contribution < -0.4 is 0 Å². The molecule has 4 aliphatic carbocycles. The molecule has 3 nitrogen and oxygen atoms in total. The highest BCUT2D eigenvalue weighted by Crippen LogP contribution is 2.66. The smallest absolute Gasteiger partial charge is 0.159 e. The van der Waals surface area contributed by atoms with Crippen molar-refractivity contribution in [2.75, 3.05) is 7.11 Å². The van der Waals surface area contributed by atoms with Gasteiger partial charge in [-0.3, -0.25) is 4.79 Å². The van der Waals surface area contributed by atoms with Crippen molar-refractivity contribution >= 4 is 5.78 Å². The Morgan fingerprint density at radius 2 is 1.80 bits per heavy atom. The number of Topliss-reactive ketones (excluding diaryl/α,β-unsaturated/α-hetero) is 1. The van der Waals surface area contributed by atoms with E-state index in [9.17, 15) is 9.90 Å². The van der Waals surface area contributed by atoms with E-state index in [0.29, 0.717) is 34.7 Å². The van der Waals surface area contributed by atoms with Gasteiger partial charge in [0.1, 0.15) is 0 Å². The summed E-state index contributed by atoms with van der Waals surface area (Å²) >= 11 is 0. The molecular formula is C22H34O3. The Morgan fingerprint density at radius 1 is 1.08 bits per heavy atom. The van der Waals surface area contributed by atoms with Gasteiger partial charge in [0.25, 0.3) is 0 Å². The zero-order valence-electron chi connectivity index (χ0n) is 16.3. The molecule has 0 radical (unpaired) electrons. The van der Waals surface area contributed by atoms with E-state index < -0.39 is 0 Å². The molecule has 140 valence electrons. The Labute approximate surface area is 152 Å². The number of rotatable bonds is 2. The third-order valence-corrected chi connectivity index (χ3v) is 9.03. The van der Waals surface area contributed by atoms with E-state index in [2.05, 4.69) is 13.8 Å². The largest absolute Gasteiger partial charge is 0.512 e. The minimum Gasteiger partial charge on any atom is -0.512 e. The van der Waals surface area contributed by atoms with Crippen LogP contribution in [0.4, 0.5) is 0 Å². The Kier molecular flexibility index (Phi) is 4.10. The third-order valence-electron chi connectivity index (χ3n) is 9.03. The van der Waals surface area contributed by atoms with Gasteiger partial charge in [-0.15, -0.1) is 0 Å². The van der Waals surface area contributed by atoms with E-state index in [1.165, 1.54) is 38.5 Å². The molecule has 0 heterocycles. The average Bonchev–Trinajstić information content (AvgIpc) is 2.91. The topological polar surface area (TPSA) is 46.5 Å². The van der Waals surface area contributed by atoms with E-state index in [1.807, 2.05) is 7.11 Å². The Bertz CT molecular complexity index is 608. The maximum Gasteiger partial charge on any atom is 0.159 e. The number of hydrogen-bond donors (Lipinski definition) is 1. The summed E-state index contributed by atoms with van der Waals surface area (Å²) in [5.74, 6) is 3.24. The maximum absolute atomic E-state index is 12.1. The van der Waals surface area contributed by atoms with Crippen molar-refractivity contribution < 1.29 is 14.6 Å². The molecule has 0 spiro atoms. The van der Waals surface area contributed by atoms with Crippen LogP contribution in [-0.4, -0.2) is 24.1 Å². The number of allylic oxidation sites excluding steroid dienone is 2. The number of methoxy groups -OCH3 is 1. The lowest BCUT2D eigenvalue weighted by Gasteiger charge is -2.60. The number of hydrogen-bond acceptors (Lipinski definition) is 3. The summed E-state index contributed by atoms with van der Waals surface area (Å²) in [6, 6.07) is 0. The highest BCUT2D eigenvalue weighted by atomic mass is 16.5. The molecule has 7 atom stereocenters. The number of aliphatic hydroxyl groups excluding tert-OH is 1. The van der Waals surface area contributed by atoms with Gasteiger partial charge in [-0.2, -0.15) is 0 Å². The normalized spacial score (nSPS) is 49.4. The Morgan fingerprint density at radius 3 is 2.48 bits per heavy atom. The van der Waals surface area contributed by atoms with Crippen LogP contribution in [0.1, 0.15) is 72.1 Å². The quantitative estimate of drug-likeness (QED) is 0.760. The summed E-state index contributed by atoms with van der Waals surface area (Å²) in [5.41, 5.74) is 1.24. The van der Waals surface area contributed by atoms with Gasteiger partial charge in [-0.05, 0) is 86.4 Å². The SMILES string of the molecule is CO[C@H]1CC[C@H]2[C@@H]3CC[C@H]4CC(O)=C(C(C)=O)C[C@]4(C)[C@H]3CC[C@]12C. The number of ether oxygens (including phenoxy) is 1. The molecule has 4 aliphatic rings. The molecule has 0 aromatic carbocycles. The van der Waals surface area contributed by atoms with Crippen LogP contribution in [0.15, 0.2) is 11.3 Å². The summed E-state index contributed by atoms with van der Waals surface area (Å²) in [5, 5.41) is 10.4. The lowest BCUT2D eigenvalue weighted by Crippen LogP contribution is -2.53. The zero-order valence-corrected chi connectivity index (χ0v) is 16.3. The van der Waals surface area contributed by atoms with Crippen molar-refractivity contribution in [2.24, 2.45) is 34.5 Å². The second kappa shape index (κ2) is 5.84. The molecule has 0 unspecified atom stereocenters. The number of carbonyl (C=O) groups is 1. The van der Waals surface area contributed by atoms with Gasteiger partial charge < -0.3 is 9.84 Å². The van der Waals surface area contributed by atoms with Crippen LogP contribution in [0.3, 0.4) is 0 Å². The number of fused-ring (bicyclic) bond motifs is 5. The van der Waals surface area contributed by atoms with Crippen molar-refractivity contribution in [3.63, 3.8) is 0 Å². The molecular weight excluding hydrogens is 312 g/mol. The van der Waals surface area contributed by atoms with Crippen LogP contribution >= 0.6 is 0 Å². The molecule has 3 fully saturated rings. The predicted molar refractivity (Wildman–Crippen MR) is 98.2 cm³/mol. The third kappa shape index (κ3) is 2.37. The van der Waals surface area contributed by atoms with Crippen molar-refractivity contribution in [1.82, 2.24) is 0 Å². The van der Waals surface area contributed by atoms with Gasteiger partial charge in [0.05, 0.1) is 11.9 Å². The van der Waals surface area contributed by atoms with Crippen LogP contribution in [0.2, 0.25) is 0 Å². The van der Waals surface area contributed by atoms with E-state index >= 15 is 0 Å². The molecule has 0 amide bonds. The standard InChI is InChI=1S/C22H34O3/c1-13(23)16-12-22(3)14(11-19(16)24)5-6-15-17-7-8-20(25-4)21(17,2)10-9-18(15)22/h14-15,17-18,20,24H,5-12H2,1-4H3/t14-,15-,17-,18-,20-,21-,22-/m0/s1. The number of aliphatic hydroxyl groups is 1. The average molecular weight is 347 g/mol. The van der Waals surface area contributed by atoms with Crippen LogP contribution in [0.5, 0.6) is 0 Å². The van der Waals surface area contributed by atoms with Gasteiger partial charge >= 0.3 is 0 Å². The van der Waals surface area contributed by atoms with E-state index in [1.54, 1.807) is 6.92 Å². The summed E-state index contributed by atoms with van der Waals surface area (Å²) in [4.78, 5) is 12.1. The van der Waals surface area contributed by atoms with Gasteiger partial charge in [-0.25, -0.2) is 0 Å². The molecule has 0 saturated heterocycles. The summed E-state index contributed by atoms with van der Waals surface area (Å²) in [6.45, 7) is 6.51. The minimum absolute atomic E-state index is 0.0697. The van der Waals surface area contributed by atoms with Gasteiger partial charge in [0.2, 0.25) is 0 Å². The van der Waals surface area contributed by atoms with Crippen molar-refractivity contribution in [3.8, 4) is 0 Å². The Hall–Kier alpha value is -0.830. The first-order valence-electron chi connectivity index (χ1n) is 10.3. The first-order valence-corrected chi connectivity index (χ1v) is 10.3. The van der Waals surface area contributed by atoms with Gasteiger partial charge in [-0.1, -0.05) is 13.8 Å². The zero-order chi connectivity index (χ0) is 18.0. The van der Waals surface area contributed by atoms with Crippen LogP contribution in [0, 0.1) is 34.5 Å². The van der Waals surface area contributed by atoms with Gasteiger partial charge in [0.15, 0.2) is 5.78 Å². The molecule has 4 rings (SSSR count). The molecule has 3 heteroatoms. The fraction of sp³-hybridized carbons (Fsp3) is 0.864. The molecule has 3 saturated carbocycles. The fourth-order valence-corrected chi connectivity index (χ4v) is 7.65. The number of carbonyl (C=O) groups excluding carboxylic acids is 1. The maximum atomic E-state index is 12.1. The van der Waals surface area contributed by atoms with Crippen molar-refractivity contribution in [2.45, 2.75) is 78.2 Å². The molecule has 0 bridgehead atoms. The van der Waals surface area contributed by atoms with Crippen molar-refractivity contribution in [1.29, 1.82) is 0 Å². The molecule has 1 N–H and O–H groups in total. The van der Waals surface area contributed by atoms with Gasteiger partial charge in [0, 0.05) is 19.1 Å². The lowest BCUT2D eigenvalue weighted by atomic mass is 9.45. The lowest BCUT2D eigenvalue weighted by molar-refractivity contribution is -0.124. The van der Waals surface area contributed by atoms with Crippen molar-refractivity contribution in [3.05, 3.63) is 11.3 Å². The first-order chi connectivity index (χ1) is 11.8. The highest BCUT2D eigenvalue weighted by molar-refractivity contribution is 5.94. The first kappa shape index (κ1) is 17.6. The minimum atomic E-state index is 0.0697. The molecule has 25 heavy (non-hydrogen) atoms. The van der Waals surface area contributed by atoms with E-state index in [-0.39, 0.29) is 11.2 Å². The van der Waals surface area contributed by atoms with Crippen LogP contribution in [-0.2, 0) is 9.53 Å². The highest BCUT2D eigenvalue weighted by Gasteiger charge is 2.60. The van der Waals surface area contributed by atoms with Crippen LogP contribution in [0.25, 0.3) is 0 Å². The summed E-state index contributed by atoms with van der Waals surface area (Å²) < 4.78 is 5.87. The summed E-state index contributed by atoms with van der Waals surface area (Å²) in [7, 11) is 1.89. The molecule has 0 aromatic rings.